The number of halogens is 1. The Morgan fingerprint density at radius 2 is 1.96 bits per heavy atom. The zero-order valence-corrected chi connectivity index (χ0v) is 15.2. The molecule has 9 heteroatoms. The van der Waals surface area contributed by atoms with Crippen molar-refractivity contribution in [2.24, 2.45) is 5.73 Å². The maximum Gasteiger partial charge on any atom is 0.271 e. The van der Waals surface area contributed by atoms with Crippen LogP contribution in [0.5, 0.6) is 0 Å². The van der Waals surface area contributed by atoms with E-state index in [-0.39, 0.29) is 35.6 Å². The first kappa shape index (κ1) is 21.8. The molecule has 1 unspecified atom stereocenters. The number of nitro benzene ring substituents is 1. The summed E-state index contributed by atoms with van der Waals surface area (Å²) in [5.74, 6) is 0. The Bertz CT molecular complexity index is 650. The van der Waals surface area contributed by atoms with Gasteiger partial charge < -0.3 is 5.73 Å². The molecule has 7 nitrogen and oxygen atoms in total. The average molecular weight is 366 g/mol. The van der Waals surface area contributed by atoms with Gasteiger partial charge in [-0.2, -0.15) is 0 Å². The number of sulfonamides is 1. The van der Waals surface area contributed by atoms with Crippen LogP contribution < -0.4 is 10.5 Å². The van der Waals surface area contributed by atoms with Crippen LogP contribution in [0.1, 0.15) is 37.3 Å². The number of nitrogens with zero attached hydrogens (tertiary/aromatic N) is 1. The van der Waals surface area contributed by atoms with Crippen molar-refractivity contribution in [3.63, 3.8) is 0 Å². The van der Waals surface area contributed by atoms with Crippen molar-refractivity contribution in [2.45, 2.75) is 51.0 Å². The first-order valence-corrected chi connectivity index (χ1v) is 8.69. The van der Waals surface area contributed by atoms with Gasteiger partial charge in [-0.15, -0.1) is 12.4 Å². The van der Waals surface area contributed by atoms with Crippen molar-refractivity contribution in [3.8, 4) is 0 Å². The number of nitrogens with two attached hydrogens (primary N) is 1. The molecule has 0 spiro atoms. The molecule has 1 aromatic rings. The lowest BCUT2D eigenvalue weighted by atomic mass is 10.1. The second-order valence-electron chi connectivity index (χ2n) is 5.34. The minimum Gasteiger partial charge on any atom is -0.329 e. The van der Waals surface area contributed by atoms with Gasteiger partial charge in [-0.3, -0.25) is 10.1 Å². The number of nitrogens with one attached hydrogen (secondary N) is 1. The van der Waals surface area contributed by atoms with Crippen LogP contribution in [0.15, 0.2) is 17.0 Å². The second-order valence-corrected chi connectivity index (χ2v) is 7.02. The molecule has 1 atom stereocenters. The summed E-state index contributed by atoms with van der Waals surface area (Å²) in [6, 6.07) is 2.09. The molecule has 0 saturated carbocycles. The second kappa shape index (κ2) is 9.17. The lowest BCUT2D eigenvalue weighted by molar-refractivity contribution is -0.385. The van der Waals surface area contributed by atoms with Crippen LogP contribution in [0.2, 0.25) is 0 Å². The van der Waals surface area contributed by atoms with E-state index >= 15 is 0 Å². The van der Waals surface area contributed by atoms with Crippen LogP contribution >= 0.6 is 12.4 Å². The zero-order chi connectivity index (χ0) is 16.9. The average Bonchev–Trinajstić information content (AvgIpc) is 2.45. The van der Waals surface area contributed by atoms with E-state index < -0.39 is 14.9 Å². The Labute approximate surface area is 143 Å². The smallest absolute Gasteiger partial charge is 0.271 e. The summed E-state index contributed by atoms with van der Waals surface area (Å²) < 4.78 is 27.6. The van der Waals surface area contributed by atoms with Gasteiger partial charge in [0.1, 0.15) is 0 Å². The predicted molar refractivity (Wildman–Crippen MR) is 92.5 cm³/mol. The van der Waals surface area contributed by atoms with Gasteiger partial charge in [0, 0.05) is 24.7 Å². The van der Waals surface area contributed by atoms with Gasteiger partial charge in [0.25, 0.3) is 5.69 Å². The lowest BCUT2D eigenvalue weighted by Crippen LogP contribution is -2.40. The van der Waals surface area contributed by atoms with E-state index in [1.807, 2.05) is 6.92 Å². The SMILES string of the molecule is CCCCC(CN)NS(=O)(=O)c1cc([N+](=O)[O-])cc(C)c1C.Cl. The number of hydrogen-bond acceptors (Lipinski definition) is 5. The maximum absolute atomic E-state index is 12.5. The third kappa shape index (κ3) is 5.72. The van der Waals surface area contributed by atoms with E-state index in [0.29, 0.717) is 17.5 Å². The van der Waals surface area contributed by atoms with E-state index in [2.05, 4.69) is 4.72 Å². The quantitative estimate of drug-likeness (QED) is 0.542. The Balaban J connectivity index is 0.00000484. The molecule has 23 heavy (non-hydrogen) atoms. The molecule has 0 radical (unpaired) electrons. The van der Waals surface area contributed by atoms with Crippen molar-refractivity contribution < 1.29 is 13.3 Å². The van der Waals surface area contributed by atoms with Gasteiger partial charge >= 0.3 is 0 Å². The minimum atomic E-state index is -3.85. The molecule has 0 heterocycles. The van der Waals surface area contributed by atoms with Gasteiger partial charge in [-0.1, -0.05) is 19.8 Å². The standard InChI is InChI=1S/C14H23N3O4S.ClH/c1-4-5-6-12(9-15)16-22(20,21)14-8-13(17(18)19)7-10(2)11(14)3;/h7-8,12,16H,4-6,9,15H2,1-3H3;1H. The molecule has 0 fully saturated rings. The maximum atomic E-state index is 12.5. The van der Waals surface area contributed by atoms with E-state index in [9.17, 15) is 18.5 Å². The Morgan fingerprint density at radius 1 is 1.35 bits per heavy atom. The van der Waals surface area contributed by atoms with Crippen molar-refractivity contribution in [2.75, 3.05) is 6.54 Å². The zero-order valence-electron chi connectivity index (χ0n) is 13.5. The summed E-state index contributed by atoms with van der Waals surface area (Å²) in [4.78, 5) is 10.3. The van der Waals surface area contributed by atoms with Gasteiger partial charge in [0.15, 0.2) is 0 Å². The molecule has 0 aromatic heterocycles. The Hall–Kier alpha value is -1.22. The summed E-state index contributed by atoms with van der Waals surface area (Å²) in [6.45, 7) is 5.48. The highest BCUT2D eigenvalue weighted by molar-refractivity contribution is 7.89. The molecule has 3 N–H and O–H groups in total. The lowest BCUT2D eigenvalue weighted by Gasteiger charge is -2.18. The monoisotopic (exact) mass is 365 g/mol. The predicted octanol–water partition coefficient (Wildman–Crippen LogP) is 2.43. The van der Waals surface area contributed by atoms with E-state index in [1.165, 1.54) is 6.07 Å². The first-order valence-electron chi connectivity index (χ1n) is 7.21. The summed E-state index contributed by atoms with van der Waals surface area (Å²) >= 11 is 0. The van der Waals surface area contributed by atoms with Gasteiger partial charge in [0.05, 0.1) is 9.82 Å². The molecule has 1 rings (SSSR count). The molecule has 132 valence electrons. The highest BCUT2D eigenvalue weighted by Crippen LogP contribution is 2.25. The number of benzene rings is 1. The summed E-state index contributed by atoms with van der Waals surface area (Å²) in [7, 11) is -3.85. The summed E-state index contributed by atoms with van der Waals surface area (Å²) in [5.41, 5.74) is 6.44. The number of unbranched alkanes of at least 4 members (excludes halogenated alkanes) is 1. The van der Waals surface area contributed by atoms with Crippen molar-refractivity contribution in [3.05, 3.63) is 33.4 Å². The van der Waals surface area contributed by atoms with E-state index in [0.717, 1.165) is 18.9 Å². The fourth-order valence-corrected chi connectivity index (χ4v) is 3.77. The van der Waals surface area contributed by atoms with Gasteiger partial charge in [-0.25, -0.2) is 13.1 Å². The number of rotatable bonds is 8. The molecule has 0 aliphatic rings. The highest BCUT2D eigenvalue weighted by atomic mass is 35.5. The third-order valence-corrected chi connectivity index (χ3v) is 5.26. The number of hydrogen-bond donors (Lipinski definition) is 2. The molecular formula is C14H24ClN3O4S. The molecular weight excluding hydrogens is 342 g/mol. The van der Waals surface area contributed by atoms with Gasteiger partial charge in [-0.05, 0) is 31.4 Å². The van der Waals surface area contributed by atoms with Crippen LogP contribution in [0.25, 0.3) is 0 Å². The highest BCUT2D eigenvalue weighted by Gasteiger charge is 2.24. The minimum absolute atomic E-state index is 0. The molecule has 0 aliphatic heterocycles. The van der Waals surface area contributed by atoms with Crippen molar-refractivity contribution >= 4 is 28.1 Å². The molecule has 1 aromatic carbocycles. The summed E-state index contributed by atoms with van der Waals surface area (Å²) in [5, 5.41) is 10.9. The van der Waals surface area contributed by atoms with Crippen LogP contribution in [0.3, 0.4) is 0 Å². The van der Waals surface area contributed by atoms with E-state index in [4.69, 9.17) is 5.73 Å². The molecule has 0 saturated heterocycles. The largest absolute Gasteiger partial charge is 0.329 e. The molecule has 0 bridgehead atoms. The van der Waals surface area contributed by atoms with Crippen LogP contribution in [0, 0.1) is 24.0 Å². The molecule has 0 amide bonds. The van der Waals surface area contributed by atoms with Crippen molar-refractivity contribution in [1.82, 2.24) is 4.72 Å². The van der Waals surface area contributed by atoms with Crippen LogP contribution in [-0.4, -0.2) is 25.9 Å². The fourth-order valence-electron chi connectivity index (χ4n) is 2.15. The van der Waals surface area contributed by atoms with E-state index in [1.54, 1.807) is 13.8 Å². The third-order valence-electron chi connectivity index (χ3n) is 3.62. The Kier molecular flexibility index (Phi) is 8.68. The number of nitro groups is 1. The normalized spacial score (nSPS) is 12.5. The number of aryl methyl sites for hydroxylation is 1. The Morgan fingerprint density at radius 3 is 2.43 bits per heavy atom. The van der Waals surface area contributed by atoms with Crippen LogP contribution in [0.4, 0.5) is 5.69 Å². The summed E-state index contributed by atoms with van der Waals surface area (Å²) in [6.07, 6.45) is 2.43. The van der Waals surface area contributed by atoms with Crippen molar-refractivity contribution in [1.29, 1.82) is 0 Å². The van der Waals surface area contributed by atoms with Crippen LogP contribution in [-0.2, 0) is 10.0 Å². The fraction of sp³-hybridized carbons (Fsp3) is 0.571. The topological polar surface area (TPSA) is 115 Å². The first-order chi connectivity index (χ1) is 10.2. The van der Waals surface area contributed by atoms with Gasteiger partial charge in [0.2, 0.25) is 10.0 Å². The molecule has 0 aliphatic carbocycles. The number of non-ortho nitro benzene ring substituents is 1.